The van der Waals surface area contributed by atoms with Gasteiger partial charge in [0.2, 0.25) is 0 Å². The molecule has 2 N–H and O–H groups in total. The van der Waals surface area contributed by atoms with Gasteiger partial charge >= 0.3 is 5.69 Å². The molecule has 3 heterocycles. The van der Waals surface area contributed by atoms with Crippen molar-refractivity contribution < 1.29 is 0 Å². The van der Waals surface area contributed by atoms with Crippen molar-refractivity contribution in [3.63, 3.8) is 0 Å². The zero-order valence-corrected chi connectivity index (χ0v) is 23.8. The molecule has 39 heavy (non-hydrogen) atoms. The van der Waals surface area contributed by atoms with E-state index in [9.17, 15) is 9.59 Å². The van der Waals surface area contributed by atoms with Gasteiger partial charge in [-0.2, -0.15) is 0 Å². The summed E-state index contributed by atoms with van der Waals surface area (Å²) in [5.74, 6) is 1.92. The number of H-pyrrole nitrogens is 2. The summed E-state index contributed by atoms with van der Waals surface area (Å²) in [5, 5.41) is 1.88. The maximum Gasteiger partial charge on any atom is 0.331 e. The third kappa shape index (κ3) is 7.05. The molecule has 0 aliphatic rings. The molecule has 0 spiro atoms. The van der Waals surface area contributed by atoms with Crippen molar-refractivity contribution in [1.82, 2.24) is 29.1 Å². The van der Waals surface area contributed by atoms with Gasteiger partial charge in [0.05, 0.1) is 22.1 Å². The van der Waals surface area contributed by atoms with E-state index in [2.05, 4.69) is 19.9 Å². The predicted octanol–water partition coefficient (Wildman–Crippen LogP) is 6.00. The average molecular weight is 563 g/mol. The van der Waals surface area contributed by atoms with E-state index in [0.717, 1.165) is 88.1 Å². The van der Waals surface area contributed by atoms with Crippen LogP contribution in [0.15, 0.2) is 74.5 Å². The Labute approximate surface area is 235 Å². The summed E-state index contributed by atoms with van der Waals surface area (Å²) in [7, 11) is 0. The molecule has 0 saturated heterocycles. The lowest BCUT2D eigenvalue weighted by Crippen LogP contribution is -2.40. The van der Waals surface area contributed by atoms with Gasteiger partial charge < -0.3 is 9.97 Å². The summed E-state index contributed by atoms with van der Waals surface area (Å²) < 4.78 is 3.15. The molecule has 0 saturated carbocycles. The van der Waals surface area contributed by atoms with Crippen LogP contribution in [0.3, 0.4) is 0 Å². The molecule has 10 heteroatoms. The van der Waals surface area contributed by atoms with E-state index in [1.54, 1.807) is 34.2 Å². The Morgan fingerprint density at radius 3 is 1.74 bits per heavy atom. The van der Waals surface area contributed by atoms with Gasteiger partial charge in [0.1, 0.15) is 0 Å². The fourth-order valence-electron chi connectivity index (χ4n) is 4.63. The molecular weight excluding hydrogens is 528 g/mol. The van der Waals surface area contributed by atoms with Crippen LogP contribution >= 0.6 is 23.5 Å². The van der Waals surface area contributed by atoms with Gasteiger partial charge in [-0.3, -0.25) is 13.9 Å². The molecule has 2 aromatic carbocycles. The molecule has 0 radical (unpaired) electrons. The molecule has 0 aliphatic heterocycles. The Hall–Kier alpha value is -3.24. The van der Waals surface area contributed by atoms with E-state index in [1.807, 2.05) is 55.5 Å². The molecular formula is C29H34N6O2S2. The minimum Gasteiger partial charge on any atom is -0.333 e. The highest BCUT2D eigenvalue weighted by molar-refractivity contribution is 7.99. The first-order valence-electron chi connectivity index (χ1n) is 13.5. The highest BCUT2D eigenvalue weighted by Gasteiger charge is 2.09. The maximum absolute atomic E-state index is 13.1. The number of hydrogen-bond donors (Lipinski definition) is 2. The number of benzene rings is 2. The van der Waals surface area contributed by atoms with Crippen LogP contribution in [-0.2, 0) is 13.1 Å². The molecule has 0 fully saturated rings. The van der Waals surface area contributed by atoms with E-state index in [0.29, 0.717) is 13.1 Å². The van der Waals surface area contributed by atoms with Gasteiger partial charge in [-0.15, -0.1) is 0 Å². The summed E-state index contributed by atoms with van der Waals surface area (Å²) in [5.41, 5.74) is 4.44. The van der Waals surface area contributed by atoms with E-state index < -0.39 is 0 Å². The van der Waals surface area contributed by atoms with Crippen LogP contribution in [0.4, 0.5) is 0 Å². The predicted molar refractivity (Wildman–Crippen MR) is 161 cm³/mol. The fraction of sp³-hybridized carbons (Fsp3) is 0.379. The Bertz CT molecular complexity index is 1590. The number of fused-ring (bicyclic) bond motifs is 2. The number of aromatic amines is 2. The topological polar surface area (TPSA) is 101 Å². The lowest BCUT2D eigenvalue weighted by atomic mass is 10.2. The molecule has 204 valence electrons. The van der Waals surface area contributed by atoms with Crippen LogP contribution in [0, 0.1) is 6.92 Å². The highest BCUT2D eigenvalue weighted by Crippen LogP contribution is 2.21. The quantitative estimate of drug-likeness (QED) is 0.127. The lowest BCUT2D eigenvalue weighted by Gasteiger charge is -2.13. The standard InChI is InChI=1S/C29H34N6O2S2/c1-21-20-26(36)35(17-9-3-11-19-39-28-32-24-14-6-7-15-25(24)33-28)29(37)34(21)16-8-2-10-18-38-27-30-22-12-4-5-13-23(22)31-27/h4-7,12-15,20H,2-3,8-11,16-19H2,1H3,(H,30,31)(H,32,33). The van der Waals surface area contributed by atoms with Crippen molar-refractivity contribution >= 4 is 45.6 Å². The summed E-state index contributed by atoms with van der Waals surface area (Å²) in [4.78, 5) is 41.5. The van der Waals surface area contributed by atoms with Crippen molar-refractivity contribution in [3.8, 4) is 0 Å². The second-order valence-electron chi connectivity index (χ2n) is 9.65. The Morgan fingerprint density at radius 1 is 0.692 bits per heavy atom. The Balaban J connectivity index is 1.03. The van der Waals surface area contributed by atoms with Crippen molar-refractivity contribution in [1.29, 1.82) is 0 Å². The normalized spacial score (nSPS) is 11.6. The minimum atomic E-state index is -0.201. The van der Waals surface area contributed by atoms with Crippen molar-refractivity contribution in [2.45, 2.75) is 68.9 Å². The SMILES string of the molecule is Cc1cc(=O)n(CCCCCSc2nc3ccccc3[nH]2)c(=O)n1CCCCCSc1nc2ccccc2[nH]1. The summed E-state index contributed by atoms with van der Waals surface area (Å²) >= 11 is 3.44. The van der Waals surface area contributed by atoms with Crippen molar-refractivity contribution in [2.24, 2.45) is 0 Å². The van der Waals surface area contributed by atoms with Crippen LogP contribution in [0.25, 0.3) is 22.1 Å². The summed E-state index contributed by atoms with van der Waals surface area (Å²) in [6.45, 7) is 2.94. The van der Waals surface area contributed by atoms with Gasteiger partial charge in [-0.05, 0) is 56.9 Å². The number of unbranched alkanes of at least 4 members (excludes halogenated alkanes) is 4. The third-order valence-corrected chi connectivity index (χ3v) is 8.67. The molecule has 3 aromatic heterocycles. The first kappa shape index (κ1) is 27.3. The molecule has 0 bridgehead atoms. The molecule has 5 rings (SSSR count). The zero-order valence-electron chi connectivity index (χ0n) is 22.2. The molecule has 0 atom stereocenters. The maximum atomic E-state index is 13.1. The van der Waals surface area contributed by atoms with Gasteiger partial charge in [0, 0.05) is 36.4 Å². The number of nitrogens with one attached hydrogen (secondary N) is 2. The van der Waals surface area contributed by atoms with Gasteiger partial charge in [-0.1, -0.05) is 60.6 Å². The van der Waals surface area contributed by atoms with Gasteiger partial charge in [-0.25, -0.2) is 14.8 Å². The Kier molecular flexibility index (Phi) is 9.26. The summed E-state index contributed by atoms with van der Waals surface area (Å²) in [6.07, 6.45) is 5.72. The number of para-hydroxylation sites is 4. The van der Waals surface area contributed by atoms with Crippen LogP contribution in [0.2, 0.25) is 0 Å². The largest absolute Gasteiger partial charge is 0.333 e. The second kappa shape index (κ2) is 13.2. The molecule has 0 amide bonds. The fourth-order valence-corrected chi connectivity index (χ4v) is 6.41. The number of aryl methyl sites for hydroxylation is 1. The zero-order chi connectivity index (χ0) is 27.0. The van der Waals surface area contributed by atoms with Crippen LogP contribution in [0.1, 0.15) is 44.2 Å². The van der Waals surface area contributed by atoms with Crippen molar-refractivity contribution in [3.05, 3.63) is 81.1 Å². The van der Waals surface area contributed by atoms with Gasteiger partial charge in [0.15, 0.2) is 10.3 Å². The number of aromatic nitrogens is 6. The van der Waals surface area contributed by atoms with E-state index in [1.165, 1.54) is 4.57 Å². The first-order chi connectivity index (χ1) is 19.1. The second-order valence-corrected chi connectivity index (χ2v) is 11.8. The molecule has 0 unspecified atom stereocenters. The minimum absolute atomic E-state index is 0.187. The lowest BCUT2D eigenvalue weighted by molar-refractivity contribution is 0.497. The Morgan fingerprint density at radius 2 is 1.21 bits per heavy atom. The van der Waals surface area contributed by atoms with E-state index in [-0.39, 0.29) is 11.2 Å². The van der Waals surface area contributed by atoms with E-state index >= 15 is 0 Å². The molecule has 8 nitrogen and oxygen atoms in total. The van der Waals surface area contributed by atoms with Gasteiger partial charge in [0.25, 0.3) is 5.56 Å². The molecule has 5 aromatic rings. The highest BCUT2D eigenvalue weighted by atomic mass is 32.2. The number of rotatable bonds is 14. The van der Waals surface area contributed by atoms with Crippen molar-refractivity contribution in [2.75, 3.05) is 11.5 Å². The number of thioether (sulfide) groups is 2. The first-order valence-corrected chi connectivity index (χ1v) is 15.5. The number of hydrogen-bond acceptors (Lipinski definition) is 6. The number of imidazole rings is 2. The average Bonchev–Trinajstić information content (AvgIpc) is 3.54. The smallest absolute Gasteiger partial charge is 0.331 e. The van der Waals surface area contributed by atoms with E-state index in [4.69, 9.17) is 0 Å². The summed E-state index contributed by atoms with van der Waals surface area (Å²) in [6, 6.07) is 17.7. The third-order valence-electron chi connectivity index (χ3n) is 6.75. The van der Waals surface area contributed by atoms with Crippen LogP contribution < -0.4 is 11.2 Å². The molecule has 0 aliphatic carbocycles. The monoisotopic (exact) mass is 562 g/mol. The van der Waals surface area contributed by atoms with Crippen LogP contribution in [-0.4, -0.2) is 40.6 Å². The van der Waals surface area contributed by atoms with Crippen LogP contribution in [0.5, 0.6) is 0 Å². The number of nitrogens with zero attached hydrogens (tertiary/aromatic N) is 4.